The minimum absolute atomic E-state index is 0.0785. The molecule has 1 aliphatic rings. The second-order valence-corrected chi connectivity index (χ2v) is 7.99. The van der Waals surface area contributed by atoms with Crippen LogP contribution in [0.5, 0.6) is 0 Å². The smallest absolute Gasteiger partial charge is 0.168 e. The Labute approximate surface area is 119 Å². The van der Waals surface area contributed by atoms with Gasteiger partial charge in [0.25, 0.3) is 0 Å². The molecule has 110 valence electrons. The van der Waals surface area contributed by atoms with Crippen LogP contribution in [0.1, 0.15) is 41.6 Å². The average Bonchev–Trinajstić information content (AvgIpc) is 2.37. The van der Waals surface area contributed by atoms with Crippen LogP contribution in [-0.2, 0) is 9.84 Å². The maximum atomic E-state index is 13.8. The van der Waals surface area contributed by atoms with Crippen molar-refractivity contribution in [2.75, 3.05) is 6.26 Å². The molecule has 0 heterocycles. The van der Waals surface area contributed by atoms with Crippen molar-refractivity contribution in [2.24, 2.45) is 5.92 Å². The Morgan fingerprint density at radius 3 is 2.60 bits per heavy atom. The molecule has 1 aromatic carbocycles. The number of carbonyl (C=O) groups is 1. The zero-order valence-electron chi connectivity index (χ0n) is 11.7. The summed E-state index contributed by atoms with van der Waals surface area (Å²) in [5.74, 6) is -1.17. The van der Waals surface area contributed by atoms with Crippen LogP contribution >= 0.6 is 0 Å². The number of Topliss-reactive ketones (excluding diaryl/α,β-unsaturated/α-hetero) is 1. The highest BCUT2D eigenvalue weighted by Crippen LogP contribution is 2.31. The van der Waals surface area contributed by atoms with Crippen molar-refractivity contribution in [2.45, 2.75) is 37.9 Å². The van der Waals surface area contributed by atoms with E-state index in [1.165, 1.54) is 18.4 Å². The third kappa shape index (κ3) is 3.26. The number of rotatable bonds is 3. The molecule has 0 spiro atoms. The van der Waals surface area contributed by atoms with E-state index in [2.05, 4.69) is 0 Å². The normalized spacial score (nSPS) is 23.6. The lowest BCUT2D eigenvalue weighted by Crippen LogP contribution is -2.31. The molecule has 0 bridgehead atoms. The first-order valence-corrected chi connectivity index (χ1v) is 8.73. The molecule has 0 radical (unpaired) electrons. The van der Waals surface area contributed by atoms with Crippen molar-refractivity contribution in [3.8, 4) is 0 Å². The lowest BCUT2D eigenvalue weighted by atomic mass is 9.83. The molecule has 2 rings (SSSR count). The third-order valence-electron chi connectivity index (χ3n) is 3.99. The van der Waals surface area contributed by atoms with Gasteiger partial charge in [-0.1, -0.05) is 12.5 Å². The topological polar surface area (TPSA) is 51.2 Å². The van der Waals surface area contributed by atoms with Crippen molar-refractivity contribution >= 4 is 15.6 Å². The molecule has 0 saturated heterocycles. The van der Waals surface area contributed by atoms with Crippen molar-refractivity contribution in [1.82, 2.24) is 0 Å². The number of hydrogen-bond donors (Lipinski definition) is 0. The van der Waals surface area contributed by atoms with Crippen LogP contribution in [-0.4, -0.2) is 25.7 Å². The SMILES string of the molecule is Cc1ccc(C(=O)C2CCCC(S(C)(=O)=O)C2)c(F)c1. The van der Waals surface area contributed by atoms with Gasteiger partial charge in [0.2, 0.25) is 0 Å². The number of benzene rings is 1. The zero-order chi connectivity index (χ0) is 14.9. The molecule has 2 atom stereocenters. The molecular formula is C15H19FO3S. The summed E-state index contributed by atoms with van der Waals surface area (Å²) in [7, 11) is -3.14. The molecule has 3 nitrogen and oxygen atoms in total. The van der Waals surface area contributed by atoms with E-state index in [9.17, 15) is 17.6 Å². The van der Waals surface area contributed by atoms with E-state index in [0.29, 0.717) is 25.7 Å². The number of hydrogen-bond acceptors (Lipinski definition) is 3. The Hall–Kier alpha value is -1.23. The number of sulfone groups is 1. The van der Waals surface area contributed by atoms with Crippen molar-refractivity contribution < 1.29 is 17.6 Å². The summed E-state index contributed by atoms with van der Waals surface area (Å²) in [6.07, 6.45) is 3.45. The quantitative estimate of drug-likeness (QED) is 0.806. The number of halogens is 1. The maximum Gasteiger partial charge on any atom is 0.168 e. The zero-order valence-corrected chi connectivity index (χ0v) is 12.5. The Bertz CT molecular complexity index is 622. The lowest BCUT2D eigenvalue weighted by molar-refractivity contribution is 0.0886. The summed E-state index contributed by atoms with van der Waals surface area (Å²) in [4.78, 5) is 12.4. The average molecular weight is 298 g/mol. The molecule has 2 unspecified atom stereocenters. The van der Waals surface area contributed by atoms with Crippen LogP contribution in [0, 0.1) is 18.7 Å². The highest BCUT2D eigenvalue weighted by atomic mass is 32.2. The van der Waals surface area contributed by atoms with E-state index in [4.69, 9.17) is 0 Å². The molecule has 0 aliphatic heterocycles. The van der Waals surface area contributed by atoms with E-state index in [1.807, 2.05) is 0 Å². The van der Waals surface area contributed by atoms with Crippen LogP contribution in [0.2, 0.25) is 0 Å². The van der Waals surface area contributed by atoms with Gasteiger partial charge in [0.05, 0.1) is 10.8 Å². The fraction of sp³-hybridized carbons (Fsp3) is 0.533. The van der Waals surface area contributed by atoms with Gasteiger partial charge in [-0.2, -0.15) is 0 Å². The number of ketones is 1. The fourth-order valence-electron chi connectivity index (χ4n) is 2.81. The van der Waals surface area contributed by atoms with Gasteiger partial charge in [-0.3, -0.25) is 4.79 Å². The summed E-state index contributed by atoms with van der Waals surface area (Å²) in [6.45, 7) is 1.76. The standard InChI is InChI=1S/C15H19FO3S/c1-10-6-7-13(14(16)8-10)15(17)11-4-3-5-12(9-11)20(2,18)19/h6-8,11-12H,3-5,9H2,1-2H3. The third-order valence-corrected chi connectivity index (χ3v) is 5.63. The van der Waals surface area contributed by atoms with Crippen molar-refractivity contribution in [1.29, 1.82) is 0 Å². The maximum absolute atomic E-state index is 13.8. The van der Waals surface area contributed by atoms with Gasteiger partial charge in [0, 0.05) is 12.2 Å². The Morgan fingerprint density at radius 2 is 2.00 bits per heavy atom. The lowest BCUT2D eigenvalue weighted by Gasteiger charge is -2.27. The monoisotopic (exact) mass is 298 g/mol. The van der Waals surface area contributed by atoms with Crippen LogP contribution in [0.3, 0.4) is 0 Å². The van der Waals surface area contributed by atoms with E-state index >= 15 is 0 Å². The summed E-state index contributed by atoms with van der Waals surface area (Å²) >= 11 is 0. The van der Waals surface area contributed by atoms with E-state index in [-0.39, 0.29) is 17.3 Å². The van der Waals surface area contributed by atoms with E-state index in [1.54, 1.807) is 13.0 Å². The predicted molar refractivity (Wildman–Crippen MR) is 76.1 cm³/mol. The van der Waals surface area contributed by atoms with Gasteiger partial charge in [-0.25, -0.2) is 12.8 Å². The molecule has 0 amide bonds. The Kier molecular flexibility index (Phi) is 4.28. The molecule has 5 heteroatoms. The first-order valence-electron chi connectivity index (χ1n) is 6.78. The fourth-order valence-corrected chi connectivity index (χ4v) is 3.99. The van der Waals surface area contributed by atoms with E-state index in [0.717, 1.165) is 5.56 Å². The molecule has 1 fully saturated rings. The second kappa shape index (κ2) is 5.64. The predicted octanol–water partition coefficient (Wildman–Crippen LogP) is 2.92. The van der Waals surface area contributed by atoms with Crippen LogP contribution < -0.4 is 0 Å². The first kappa shape index (κ1) is 15.2. The highest BCUT2D eigenvalue weighted by Gasteiger charge is 2.33. The molecular weight excluding hydrogens is 279 g/mol. The van der Waals surface area contributed by atoms with Gasteiger partial charge >= 0.3 is 0 Å². The molecule has 1 aliphatic carbocycles. The molecule has 0 N–H and O–H groups in total. The van der Waals surface area contributed by atoms with Crippen molar-refractivity contribution in [3.05, 3.63) is 35.1 Å². The number of aryl methyl sites for hydroxylation is 1. The first-order chi connectivity index (χ1) is 9.29. The van der Waals surface area contributed by atoms with E-state index < -0.39 is 20.9 Å². The van der Waals surface area contributed by atoms with Crippen LogP contribution in [0.4, 0.5) is 4.39 Å². The van der Waals surface area contributed by atoms with Gasteiger partial charge in [-0.15, -0.1) is 0 Å². The number of carbonyl (C=O) groups excluding carboxylic acids is 1. The Balaban J connectivity index is 2.21. The minimum Gasteiger partial charge on any atom is -0.294 e. The minimum atomic E-state index is -3.14. The summed E-state index contributed by atoms with van der Waals surface area (Å²) in [6, 6.07) is 4.54. The van der Waals surface area contributed by atoms with Crippen molar-refractivity contribution in [3.63, 3.8) is 0 Å². The molecule has 20 heavy (non-hydrogen) atoms. The summed E-state index contributed by atoms with van der Waals surface area (Å²) < 4.78 is 37.1. The van der Waals surface area contributed by atoms with Gasteiger partial charge in [0.15, 0.2) is 5.78 Å². The largest absolute Gasteiger partial charge is 0.294 e. The summed E-state index contributed by atoms with van der Waals surface area (Å²) in [5, 5.41) is -0.473. The van der Waals surface area contributed by atoms with Gasteiger partial charge in [-0.05, 0) is 43.9 Å². The van der Waals surface area contributed by atoms with Gasteiger partial charge < -0.3 is 0 Å². The Morgan fingerprint density at radius 1 is 1.30 bits per heavy atom. The molecule has 1 saturated carbocycles. The van der Waals surface area contributed by atoms with Crippen LogP contribution in [0.25, 0.3) is 0 Å². The van der Waals surface area contributed by atoms with Gasteiger partial charge in [0.1, 0.15) is 15.7 Å². The second-order valence-electron chi connectivity index (χ2n) is 5.66. The molecule has 0 aromatic heterocycles. The molecule has 1 aromatic rings. The summed E-state index contributed by atoms with van der Waals surface area (Å²) in [5.41, 5.74) is 0.839. The van der Waals surface area contributed by atoms with Crippen LogP contribution in [0.15, 0.2) is 18.2 Å². The highest BCUT2D eigenvalue weighted by molar-refractivity contribution is 7.91.